The van der Waals surface area contributed by atoms with Crippen molar-refractivity contribution in [2.24, 2.45) is 29.4 Å². The minimum absolute atomic E-state index is 0.246. The quantitative estimate of drug-likeness (QED) is 0.815. The maximum atomic E-state index is 12.6. The molecule has 3 heteroatoms. The predicted molar refractivity (Wildman–Crippen MR) is 71.9 cm³/mol. The third-order valence-corrected chi connectivity index (χ3v) is 5.57. The predicted octanol–water partition coefficient (Wildman–Crippen LogP) is 2.01. The number of carbonyl (C=O) groups is 1. The molecule has 1 saturated heterocycles. The number of hydrogen-bond acceptors (Lipinski definition) is 2. The van der Waals surface area contributed by atoms with Gasteiger partial charge in [-0.2, -0.15) is 0 Å². The highest BCUT2D eigenvalue weighted by Crippen LogP contribution is 2.39. The number of hydrogen-bond donors (Lipinski definition) is 1. The maximum absolute atomic E-state index is 12.6. The van der Waals surface area contributed by atoms with Gasteiger partial charge in [-0.1, -0.05) is 19.3 Å². The first kappa shape index (κ1) is 12.5. The number of nitrogens with two attached hydrogens (primary N) is 1. The molecule has 3 nitrogen and oxygen atoms in total. The van der Waals surface area contributed by atoms with Crippen molar-refractivity contribution in [3.05, 3.63) is 0 Å². The Hall–Kier alpha value is -0.570. The molecule has 1 amide bonds. The van der Waals surface area contributed by atoms with E-state index in [1.807, 2.05) is 0 Å². The highest BCUT2D eigenvalue weighted by atomic mass is 16.2. The lowest BCUT2D eigenvalue weighted by Crippen LogP contribution is -2.37. The summed E-state index contributed by atoms with van der Waals surface area (Å²) in [6.45, 7) is 2.77. The van der Waals surface area contributed by atoms with Crippen LogP contribution in [0.4, 0.5) is 0 Å². The fraction of sp³-hybridized carbons (Fsp3) is 0.933. The Labute approximate surface area is 110 Å². The van der Waals surface area contributed by atoms with Crippen molar-refractivity contribution in [3.8, 4) is 0 Å². The lowest BCUT2D eigenvalue weighted by Gasteiger charge is -2.24. The second-order valence-electron chi connectivity index (χ2n) is 6.58. The molecule has 0 radical (unpaired) electrons. The molecule has 0 aromatic heterocycles. The third-order valence-electron chi connectivity index (χ3n) is 5.57. The van der Waals surface area contributed by atoms with Gasteiger partial charge in [-0.3, -0.25) is 4.79 Å². The second kappa shape index (κ2) is 5.20. The molecule has 2 N–H and O–H groups in total. The summed E-state index contributed by atoms with van der Waals surface area (Å²) in [5, 5.41) is 0. The summed E-state index contributed by atoms with van der Waals surface area (Å²) < 4.78 is 0. The van der Waals surface area contributed by atoms with E-state index < -0.39 is 0 Å². The van der Waals surface area contributed by atoms with Gasteiger partial charge in [0.05, 0.1) is 0 Å². The average molecular weight is 250 g/mol. The molecule has 3 fully saturated rings. The number of nitrogens with zero attached hydrogens (tertiary/aromatic N) is 1. The van der Waals surface area contributed by atoms with Gasteiger partial charge in [0.25, 0.3) is 0 Å². The smallest absolute Gasteiger partial charge is 0.226 e. The molecule has 4 atom stereocenters. The van der Waals surface area contributed by atoms with E-state index in [-0.39, 0.29) is 5.92 Å². The van der Waals surface area contributed by atoms with Crippen LogP contribution in [0.25, 0.3) is 0 Å². The van der Waals surface area contributed by atoms with Crippen molar-refractivity contribution in [1.82, 2.24) is 4.90 Å². The van der Waals surface area contributed by atoms with E-state index in [9.17, 15) is 4.79 Å². The fourth-order valence-corrected chi connectivity index (χ4v) is 4.46. The molecule has 1 heterocycles. The first-order valence-corrected chi connectivity index (χ1v) is 7.78. The van der Waals surface area contributed by atoms with Crippen molar-refractivity contribution >= 4 is 5.91 Å². The van der Waals surface area contributed by atoms with Gasteiger partial charge in [-0.05, 0) is 50.0 Å². The van der Waals surface area contributed by atoms with E-state index >= 15 is 0 Å². The maximum Gasteiger partial charge on any atom is 0.226 e. The van der Waals surface area contributed by atoms with Crippen molar-refractivity contribution in [1.29, 1.82) is 0 Å². The molecule has 0 aromatic carbocycles. The van der Waals surface area contributed by atoms with Crippen LogP contribution in [-0.2, 0) is 4.79 Å². The number of rotatable bonds is 2. The minimum atomic E-state index is 0.246. The molecule has 18 heavy (non-hydrogen) atoms. The molecule has 0 spiro atoms. The first-order chi connectivity index (χ1) is 8.79. The zero-order valence-electron chi connectivity index (χ0n) is 11.3. The van der Waals surface area contributed by atoms with Gasteiger partial charge in [0, 0.05) is 19.0 Å². The van der Waals surface area contributed by atoms with Gasteiger partial charge in [-0.25, -0.2) is 0 Å². The van der Waals surface area contributed by atoms with Crippen LogP contribution in [0.1, 0.15) is 44.9 Å². The van der Waals surface area contributed by atoms with Crippen molar-refractivity contribution < 1.29 is 4.79 Å². The summed E-state index contributed by atoms with van der Waals surface area (Å²) in [6, 6.07) is 0. The second-order valence-corrected chi connectivity index (χ2v) is 6.58. The van der Waals surface area contributed by atoms with Crippen LogP contribution >= 0.6 is 0 Å². The van der Waals surface area contributed by atoms with Gasteiger partial charge >= 0.3 is 0 Å². The summed E-state index contributed by atoms with van der Waals surface area (Å²) >= 11 is 0. The topological polar surface area (TPSA) is 46.3 Å². The number of amides is 1. The molecule has 3 aliphatic rings. The van der Waals surface area contributed by atoms with E-state index in [2.05, 4.69) is 4.90 Å². The summed E-state index contributed by atoms with van der Waals surface area (Å²) in [7, 11) is 0. The van der Waals surface area contributed by atoms with Crippen LogP contribution in [0.15, 0.2) is 0 Å². The van der Waals surface area contributed by atoms with E-state index in [0.717, 1.165) is 37.8 Å². The largest absolute Gasteiger partial charge is 0.342 e. The van der Waals surface area contributed by atoms with Crippen LogP contribution in [0, 0.1) is 23.7 Å². The number of likely N-dealkylation sites (tertiary alicyclic amines) is 1. The molecule has 3 rings (SSSR count). The van der Waals surface area contributed by atoms with Gasteiger partial charge in [0.2, 0.25) is 5.91 Å². The van der Waals surface area contributed by atoms with Crippen LogP contribution < -0.4 is 5.73 Å². The van der Waals surface area contributed by atoms with Crippen LogP contribution in [0.3, 0.4) is 0 Å². The Kier molecular flexibility index (Phi) is 3.60. The van der Waals surface area contributed by atoms with Gasteiger partial charge in [0.15, 0.2) is 0 Å². The lowest BCUT2D eigenvalue weighted by molar-refractivity contribution is -0.135. The fourth-order valence-electron chi connectivity index (χ4n) is 4.46. The molecule has 2 aliphatic carbocycles. The van der Waals surface area contributed by atoms with E-state index in [4.69, 9.17) is 5.73 Å². The highest BCUT2D eigenvalue weighted by molar-refractivity contribution is 5.79. The number of fused-ring (bicyclic) bond motifs is 1. The Morgan fingerprint density at radius 2 is 1.67 bits per heavy atom. The van der Waals surface area contributed by atoms with Crippen molar-refractivity contribution in [2.75, 3.05) is 19.6 Å². The standard InChI is InChI=1S/C15H26N2O/c16-8-11-6-3-7-14(11)15(18)17-9-12-4-1-2-5-13(12)10-17/h11-14H,1-10,16H2/t11-,12?,13?,14-/m1/s1. The SMILES string of the molecule is NC[C@H]1CCC[C@H]1C(=O)N1CC2CCCCC2C1. The van der Waals surface area contributed by atoms with E-state index in [1.54, 1.807) is 0 Å². The molecule has 1 aliphatic heterocycles. The Balaban J connectivity index is 1.63. The molecule has 0 aromatic rings. The lowest BCUT2D eigenvalue weighted by atomic mass is 9.82. The first-order valence-electron chi connectivity index (χ1n) is 7.78. The molecule has 2 unspecified atom stereocenters. The van der Waals surface area contributed by atoms with Crippen molar-refractivity contribution in [3.63, 3.8) is 0 Å². The molecule has 0 bridgehead atoms. The monoisotopic (exact) mass is 250 g/mol. The Morgan fingerprint density at radius 3 is 2.28 bits per heavy atom. The molecule has 102 valence electrons. The van der Waals surface area contributed by atoms with E-state index in [0.29, 0.717) is 18.4 Å². The summed E-state index contributed by atoms with van der Waals surface area (Å²) in [6.07, 6.45) is 8.87. The summed E-state index contributed by atoms with van der Waals surface area (Å²) in [5.41, 5.74) is 5.81. The highest BCUT2D eigenvalue weighted by Gasteiger charge is 2.41. The molecular formula is C15H26N2O. The molecular weight excluding hydrogens is 224 g/mol. The Bertz CT molecular complexity index is 304. The van der Waals surface area contributed by atoms with Gasteiger partial charge in [-0.15, -0.1) is 0 Å². The minimum Gasteiger partial charge on any atom is -0.342 e. The zero-order valence-corrected chi connectivity index (χ0v) is 11.3. The van der Waals surface area contributed by atoms with Crippen LogP contribution in [-0.4, -0.2) is 30.4 Å². The third kappa shape index (κ3) is 2.18. The zero-order chi connectivity index (χ0) is 12.5. The number of carbonyl (C=O) groups excluding carboxylic acids is 1. The summed E-state index contributed by atoms with van der Waals surface area (Å²) in [4.78, 5) is 14.8. The van der Waals surface area contributed by atoms with Gasteiger partial charge in [0.1, 0.15) is 0 Å². The summed E-state index contributed by atoms with van der Waals surface area (Å²) in [5.74, 6) is 2.74. The van der Waals surface area contributed by atoms with Crippen LogP contribution in [0.2, 0.25) is 0 Å². The average Bonchev–Trinajstić information content (AvgIpc) is 3.03. The Morgan fingerprint density at radius 1 is 1.00 bits per heavy atom. The normalized spacial score (nSPS) is 39.9. The van der Waals surface area contributed by atoms with Gasteiger partial charge < -0.3 is 10.6 Å². The van der Waals surface area contributed by atoms with Crippen molar-refractivity contribution in [2.45, 2.75) is 44.9 Å². The molecule has 2 saturated carbocycles. The van der Waals surface area contributed by atoms with Crippen LogP contribution in [0.5, 0.6) is 0 Å². The van der Waals surface area contributed by atoms with E-state index in [1.165, 1.54) is 32.1 Å².